The zero-order chi connectivity index (χ0) is 72.7. The average molecular weight is 1420 g/mol. The van der Waals surface area contributed by atoms with Crippen LogP contribution in [0.1, 0.15) is 68.9 Å². The molecule has 32 nitrogen and oxygen atoms in total. The molecule has 2 fully saturated rings. The number of amides is 4. The first-order valence-corrected chi connectivity index (χ1v) is 34.1. The summed E-state index contributed by atoms with van der Waals surface area (Å²) in [5.74, 6) is -10.2. The number of nitrogens with one attached hydrogen (secondary N) is 3. The number of carbonyl (C=O) groups excluding carboxylic acids is 6. The van der Waals surface area contributed by atoms with Gasteiger partial charge in [-0.2, -0.15) is 13.5 Å². The number of aromatic hydroxyl groups is 1. The van der Waals surface area contributed by atoms with E-state index in [-0.39, 0.29) is 165 Å². The van der Waals surface area contributed by atoms with Crippen molar-refractivity contribution in [2.75, 3.05) is 108 Å². The number of allylic oxidation sites excluding steroid dienone is 1. The van der Waals surface area contributed by atoms with Crippen LogP contribution in [0.3, 0.4) is 0 Å². The minimum atomic E-state index is -4.65. The molecule has 4 aromatic carbocycles. The largest absolute Gasteiger partial charge is 0.505 e. The van der Waals surface area contributed by atoms with Crippen molar-refractivity contribution in [3.05, 3.63) is 84.1 Å². The summed E-state index contributed by atoms with van der Waals surface area (Å²) in [5, 5.41) is 75.3. The van der Waals surface area contributed by atoms with Crippen LogP contribution < -0.4 is 21.7 Å². The molecule has 536 valence electrons. The number of ether oxygens (including phenoxy) is 1. The summed E-state index contributed by atoms with van der Waals surface area (Å²) in [5.41, 5.74) is 10.1. The molecule has 1 unspecified atom stereocenters. The molecule has 2 saturated heterocycles. The predicted molar refractivity (Wildman–Crippen MR) is 361 cm³/mol. The number of fused-ring (bicyclic) bond motifs is 1. The third kappa shape index (κ3) is 24.8. The van der Waals surface area contributed by atoms with Crippen molar-refractivity contribution in [1.29, 1.82) is 0 Å². The van der Waals surface area contributed by atoms with Crippen LogP contribution in [0.25, 0.3) is 21.9 Å². The summed E-state index contributed by atoms with van der Waals surface area (Å²) in [7, 11) is -4.65. The maximum absolute atomic E-state index is 14.4. The SMILES string of the molecule is C=C1CC(SC[C@H](CC(=O)C[C@@H](CCC(=O)O)OC=O)C(=O)O)C(=O)N1CCC(=O)NCCCC[C@@H](NC(=O)CN1CCN(CC(=O)O)CCN(CC(=O)O)CCN(CC(=O)O)CC1)C(=O)Nc1ccc(-c2ccc(N=Nc3ccc4c(S(=O)(=O)O)ccc(N)c4c3O)c(C)c2)cc1C. The maximum atomic E-state index is 14.4. The monoisotopic (exact) mass is 1420 g/mol. The fourth-order valence-electron chi connectivity index (χ4n) is 11.3. The summed E-state index contributed by atoms with van der Waals surface area (Å²) in [6, 6.07) is 14.5. The van der Waals surface area contributed by atoms with E-state index in [0.717, 1.165) is 29.0 Å². The Morgan fingerprint density at radius 3 is 1.83 bits per heavy atom. The number of aryl methyl sites for hydroxylation is 2. The number of azo groups is 1. The number of carbonyl (C=O) groups is 11. The van der Waals surface area contributed by atoms with Crippen LogP contribution in [0.4, 0.5) is 22.7 Å². The van der Waals surface area contributed by atoms with Crippen molar-refractivity contribution in [3.8, 4) is 16.9 Å². The van der Waals surface area contributed by atoms with Crippen LogP contribution in [0.15, 0.2) is 88.1 Å². The lowest BCUT2D eigenvalue weighted by Crippen LogP contribution is -2.51. The zero-order valence-electron chi connectivity index (χ0n) is 54.7. The fraction of sp³-hybridized carbons (Fsp3) is 0.462. The molecule has 4 aromatic rings. The summed E-state index contributed by atoms with van der Waals surface area (Å²) in [6.45, 7) is 7.42. The lowest BCUT2D eigenvalue weighted by atomic mass is 9.99. The van der Waals surface area contributed by atoms with Gasteiger partial charge in [-0.3, -0.25) is 76.9 Å². The van der Waals surface area contributed by atoms with Crippen LogP contribution in [0.5, 0.6) is 5.75 Å². The quantitative estimate of drug-likeness (QED) is 0.0101. The molecule has 2 aliphatic rings. The molecule has 0 radical (unpaired) electrons. The molecule has 6 rings (SSSR count). The van der Waals surface area contributed by atoms with E-state index in [1.807, 2.05) is 12.1 Å². The minimum absolute atomic E-state index is 0.0127. The Hall–Kier alpha value is -9.45. The van der Waals surface area contributed by atoms with Crippen molar-refractivity contribution in [3.63, 3.8) is 0 Å². The third-order valence-electron chi connectivity index (χ3n) is 16.6. The summed E-state index contributed by atoms with van der Waals surface area (Å²) >= 11 is 1.02. The molecular weight excluding hydrogens is 1330 g/mol. The van der Waals surface area contributed by atoms with E-state index in [0.29, 0.717) is 41.0 Å². The van der Waals surface area contributed by atoms with Crippen molar-refractivity contribution in [2.24, 2.45) is 16.1 Å². The van der Waals surface area contributed by atoms with Crippen molar-refractivity contribution in [2.45, 2.75) is 93.9 Å². The maximum Gasteiger partial charge on any atom is 0.317 e. The Morgan fingerprint density at radius 2 is 1.28 bits per heavy atom. The number of unbranched alkanes of at least 4 members (excludes halogenated alkanes) is 1. The minimum Gasteiger partial charge on any atom is -0.505 e. The van der Waals surface area contributed by atoms with E-state index in [1.165, 1.54) is 23.1 Å². The number of phenolic OH excluding ortho intramolecular Hbond substituents is 1. The molecule has 2 heterocycles. The lowest BCUT2D eigenvalue weighted by molar-refractivity contribution is -0.144. The highest BCUT2D eigenvalue weighted by Gasteiger charge is 2.37. The van der Waals surface area contributed by atoms with E-state index in [1.54, 1.807) is 57.7 Å². The molecule has 4 atom stereocenters. The number of carboxylic acids is 5. The predicted octanol–water partition coefficient (Wildman–Crippen LogP) is 3.95. The smallest absolute Gasteiger partial charge is 0.317 e. The highest BCUT2D eigenvalue weighted by molar-refractivity contribution is 8.00. The fourth-order valence-corrected chi connectivity index (χ4v) is 13.3. The van der Waals surface area contributed by atoms with E-state index < -0.39 is 110 Å². The molecule has 0 bridgehead atoms. The number of hydrogen-bond acceptors (Lipinski definition) is 23. The van der Waals surface area contributed by atoms with Crippen molar-refractivity contribution >= 4 is 121 Å². The van der Waals surface area contributed by atoms with Crippen molar-refractivity contribution < 1.29 is 101 Å². The van der Waals surface area contributed by atoms with Crippen LogP contribution in [-0.2, 0) is 67.6 Å². The molecule has 12 N–H and O–H groups in total. The zero-order valence-corrected chi connectivity index (χ0v) is 56.3. The normalized spacial score (nSPS) is 16.5. The number of phenols is 1. The van der Waals surface area contributed by atoms with Crippen LogP contribution in [0, 0.1) is 19.8 Å². The van der Waals surface area contributed by atoms with Crippen molar-refractivity contribution in [1.82, 2.24) is 35.1 Å². The Labute approximate surface area is 574 Å². The number of nitrogen functional groups attached to an aromatic ring is 1. The molecule has 0 aliphatic carbocycles. The van der Waals surface area contributed by atoms with E-state index in [4.69, 9.17) is 15.6 Å². The molecule has 99 heavy (non-hydrogen) atoms. The number of benzene rings is 4. The van der Waals surface area contributed by atoms with E-state index in [2.05, 4.69) is 32.8 Å². The number of likely N-dealkylation sites (tertiary alicyclic amines) is 1. The number of aliphatic carboxylic acids is 5. The number of nitrogens with zero attached hydrogens (tertiary/aromatic N) is 7. The van der Waals surface area contributed by atoms with Gasteiger partial charge in [-0.05, 0) is 104 Å². The van der Waals surface area contributed by atoms with Gasteiger partial charge >= 0.3 is 29.8 Å². The molecule has 34 heteroatoms. The third-order valence-corrected chi connectivity index (χ3v) is 18.8. The highest BCUT2D eigenvalue weighted by Crippen LogP contribution is 2.42. The topological polar surface area (TPSA) is 476 Å². The van der Waals surface area contributed by atoms with Gasteiger partial charge in [0.05, 0.1) is 48.4 Å². The highest BCUT2D eigenvalue weighted by atomic mass is 32.2. The number of anilines is 2. The second kappa shape index (κ2) is 37.5. The average Bonchev–Trinajstić information content (AvgIpc) is 1.27. The molecule has 2 aliphatic heterocycles. The van der Waals surface area contributed by atoms with Gasteiger partial charge in [0.25, 0.3) is 16.6 Å². The van der Waals surface area contributed by atoms with Gasteiger partial charge in [-0.25, -0.2) is 0 Å². The molecule has 4 amide bonds. The lowest BCUT2D eigenvalue weighted by Gasteiger charge is -2.33. The first-order chi connectivity index (χ1) is 46.9. The van der Waals surface area contributed by atoms with E-state index in [9.17, 15) is 91.2 Å². The molecule has 0 saturated carbocycles. The first-order valence-electron chi connectivity index (χ1n) is 31.6. The van der Waals surface area contributed by atoms with Gasteiger partial charge in [-0.1, -0.05) is 24.8 Å². The first kappa shape index (κ1) is 78.5. The van der Waals surface area contributed by atoms with Gasteiger partial charge < -0.3 is 62.0 Å². The Bertz CT molecular complexity index is 3790. The van der Waals surface area contributed by atoms with Crippen LogP contribution >= 0.6 is 11.8 Å². The van der Waals surface area contributed by atoms with Gasteiger partial charge in [0.2, 0.25) is 23.6 Å². The van der Waals surface area contributed by atoms with Gasteiger partial charge in [-0.15, -0.1) is 16.9 Å². The summed E-state index contributed by atoms with van der Waals surface area (Å²) in [4.78, 5) is 145. The summed E-state index contributed by atoms with van der Waals surface area (Å²) in [6.07, 6.45) is -1.71. The Balaban J connectivity index is 1.11. The standard InChI is InChI=1S/C65H83N11O21S2/c1-39-28-42(43-8-13-50(40(2)29-43)70-71-51-14-10-47-54(99(94,95)96)15-11-48(66)61(47)62(51)89)7-12-49(39)69-63(90)52(68-56(80)33-72-20-22-73(34-58(83)84)24-26-75(36-60(87)88)27-25-74(23-21-72)35-59(85)86)6-4-5-18-67-55(79)17-19-76-41(3)30-53(64(76)91)98-37-44(65(92)93)31-45(78)32-46(97-38-77)9-16-57(81)82/h7-8,10-15,28-29,38,44,46,52-53,89H,3-6,9,16-27,30-37,66H2,1-2H3,(H,67,79)(H,68,80)(H,69,90)(H,81,82)(H,83,84)(H,85,86)(H,87,88)(H,92,93)(H,94,95,96)/t44-,46+,52+,53?/m0/s1. The number of rotatable bonds is 36. The Morgan fingerprint density at radius 1 is 0.717 bits per heavy atom. The number of nitrogens with two attached hydrogens (primary N) is 1. The van der Waals surface area contributed by atoms with E-state index >= 15 is 0 Å². The van der Waals surface area contributed by atoms with Gasteiger partial charge in [0.1, 0.15) is 28.5 Å². The number of ketones is 1. The second-order valence-corrected chi connectivity index (χ2v) is 26.7. The van der Waals surface area contributed by atoms with Crippen LogP contribution in [-0.4, -0.2) is 249 Å². The molecule has 0 aromatic heterocycles. The number of Topliss-reactive ketones (excluding diaryl/α,β-unsaturated/α-hetero) is 1. The summed E-state index contributed by atoms with van der Waals surface area (Å²) < 4.78 is 38.6. The number of hydrogen-bond donors (Lipinski definition) is 11. The van der Waals surface area contributed by atoms with Gasteiger partial charge in [0.15, 0.2) is 5.75 Å². The number of carboxylic acid groups (broad SMARTS) is 5. The van der Waals surface area contributed by atoms with Gasteiger partial charge in [0, 0.05) is 126 Å². The molecule has 0 spiro atoms. The second-order valence-electron chi connectivity index (χ2n) is 24.1. The Kier molecular flexibility index (Phi) is 29.7. The number of thioether (sulfide) groups is 1. The molecular formula is C65H83N11O21S2. The van der Waals surface area contributed by atoms with Crippen LogP contribution in [0.2, 0.25) is 0 Å².